The fraction of sp³-hybridized carbons (Fsp3) is 0.250. The van der Waals surface area contributed by atoms with Gasteiger partial charge in [-0.2, -0.15) is 0 Å². The minimum atomic E-state index is 0.688. The van der Waals surface area contributed by atoms with Gasteiger partial charge in [0, 0.05) is 54.6 Å². The number of nitrogens with zero attached hydrogens (tertiary/aromatic N) is 4. The van der Waals surface area contributed by atoms with Gasteiger partial charge in [-0.25, -0.2) is 9.97 Å². The Morgan fingerprint density at radius 2 is 1.74 bits per heavy atom. The molecule has 1 aliphatic heterocycles. The number of imidazole rings is 1. The Hall–Kier alpha value is -2.90. The quantitative estimate of drug-likeness (QED) is 0.440. The van der Waals surface area contributed by atoms with Crippen LogP contribution in [0.3, 0.4) is 0 Å². The lowest BCUT2D eigenvalue weighted by atomic mass is 10.2. The lowest BCUT2D eigenvalue weighted by Gasteiger charge is -2.36. The monoisotopic (exact) mass is 477 g/mol. The van der Waals surface area contributed by atoms with Crippen molar-refractivity contribution in [3.05, 3.63) is 71.3 Å². The Kier molecular flexibility index (Phi) is 5.86. The number of aromatic amines is 1. The fourth-order valence-corrected chi connectivity index (χ4v) is 4.21. The van der Waals surface area contributed by atoms with Gasteiger partial charge < -0.3 is 14.6 Å². The highest BCUT2D eigenvalue weighted by molar-refractivity contribution is 9.10. The number of hydrogen-bond acceptors (Lipinski definition) is 5. The van der Waals surface area contributed by atoms with Gasteiger partial charge in [-0.15, -0.1) is 0 Å². The molecule has 2 aromatic heterocycles. The summed E-state index contributed by atoms with van der Waals surface area (Å²) >= 11 is 3.44. The van der Waals surface area contributed by atoms with E-state index in [-0.39, 0.29) is 0 Å². The normalized spacial score (nSPS) is 14.8. The van der Waals surface area contributed by atoms with Crippen LogP contribution in [0.25, 0.3) is 22.6 Å². The number of pyridine rings is 1. The summed E-state index contributed by atoms with van der Waals surface area (Å²) in [6.45, 7) is 5.87. The maximum Gasteiger partial charge on any atom is 0.178 e. The van der Waals surface area contributed by atoms with Crippen LogP contribution in [-0.4, -0.2) is 59.2 Å². The number of nitrogens with one attached hydrogen (secondary N) is 1. The molecule has 0 spiro atoms. The Bertz CT molecular complexity index is 1140. The van der Waals surface area contributed by atoms with Gasteiger partial charge >= 0.3 is 0 Å². The molecule has 7 heteroatoms. The number of rotatable bonds is 6. The van der Waals surface area contributed by atoms with Gasteiger partial charge in [0.1, 0.15) is 18.2 Å². The van der Waals surface area contributed by atoms with Gasteiger partial charge in [-0.3, -0.25) is 4.90 Å². The summed E-state index contributed by atoms with van der Waals surface area (Å²) < 4.78 is 6.91. The SMILES string of the molecule is Brc1cnc2nc(-c3ccc(OCCN4CCN(c5ccccc5)CC4)cc3)[nH]c2c1. The van der Waals surface area contributed by atoms with Crippen molar-refractivity contribution in [2.75, 3.05) is 44.2 Å². The predicted molar refractivity (Wildman–Crippen MR) is 128 cm³/mol. The van der Waals surface area contributed by atoms with Gasteiger partial charge in [0.2, 0.25) is 0 Å². The molecular weight excluding hydrogens is 454 g/mol. The van der Waals surface area contributed by atoms with Gasteiger partial charge in [0.25, 0.3) is 0 Å². The molecule has 1 aliphatic rings. The first-order valence-corrected chi connectivity index (χ1v) is 11.3. The van der Waals surface area contributed by atoms with Crippen LogP contribution >= 0.6 is 15.9 Å². The Balaban J connectivity index is 1.11. The van der Waals surface area contributed by atoms with E-state index < -0.39 is 0 Å². The number of benzene rings is 2. The number of piperazine rings is 1. The van der Waals surface area contributed by atoms with Crippen molar-refractivity contribution in [3.63, 3.8) is 0 Å². The number of halogens is 1. The molecule has 0 amide bonds. The van der Waals surface area contributed by atoms with E-state index in [0.717, 1.165) is 59.9 Å². The van der Waals surface area contributed by atoms with Crippen molar-refractivity contribution < 1.29 is 4.74 Å². The summed E-state index contributed by atoms with van der Waals surface area (Å²) in [4.78, 5) is 17.1. The van der Waals surface area contributed by atoms with Crippen molar-refractivity contribution in [2.24, 2.45) is 0 Å². The molecule has 1 N–H and O–H groups in total. The number of hydrogen-bond donors (Lipinski definition) is 1. The van der Waals surface area contributed by atoms with E-state index in [0.29, 0.717) is 12.3 Å². The molecule has 158 valence electrons. The second kappa shape index (κ2) is 9.08. The van der Waals surface area contributed by atoms with E-state index in [1.54, 1.807) is 6.20 Å². The Morgan fingerprint density at radius 3 is 2.52 bits per heavy atom. The summed E-state index contributed by atoms with van der Waals surface area (Å²) in [5.41, 5.74) is 3.95. The molecule has 6 nitrogen and oxygen atoms in total. The molecular formula is C24H24BrN5O. The van der Waals surface area contributed by atoms with Crippen LogP contribution in [0.2, 0.25) is 0 Å². The van der Waals surface area contributed by atoms with Gasteiger partial charge in [0.05, 0.1) is 5.52 Å². The Labute approximate surface area is 190 Å². The van der Waals surface area contributed by atoms with Crippen LogP contribution in [0.15, 0.2) is 71.3 Å². The zero-order chi connectivity index (χ0) is 21.0. The highest BCUT2D eigenvalue weighted by Gasteiger charge is 2.16. The van der Waals surface area contributed by atoms with Crippen LogP contribution in [0.1, 0.15) is 0 Å². The number of aromatic nitrogens is 3. The van der Waals surface area contributed by atoms with E-state index in [4.69, 9.17) is 4.74 Å². The predicted octanol–water partition coefficient (Wildman–Crippen LogP) is 4.59. The molecule has 0 atom stereocenters. The van der Waals surface area contributed by atoms with E-state index in [1.165, 1.54) is 5.69 Å². The third-order valence-electron chi connectivity index (χ3n) is 5.60. The lowest BCUT2D eigenvalue weighted by molar-refractivity contribution is 0.200. The number of H-pyrrole nitrogens is 1. The molecule has 0 saturated carbocycles. The summed E-state index contributed by atoms with van der Waals surface area (Å²) in [6, 6.07) is 20.7. The van der Waals surface area contributed by atoms with Crippen molar-refractivity contribution >= 4 is 32.8 Å². The molecule has 0 unspecified atom stereocenters. The molecule has 1 saturated heterocycles. The van der Waals surface area contributed by atoms with Crippen LogP contribution in [0.4, 0.5) is 5.69 Å². The summed E-state index contributed by atoms with van der Waals surface area (Å²) in [5, 5.41) is 0. The lowest BCUT2D eigenvalue weighted by Crippen LogP contribution is -2.47. The van der Waals surface area contributed by atoms with Crippen molar-refractivity contribution in [1.82, 2.24) is 19.9 Å². The van der Waals surface area contributed by atoms with Crippen molar-refractivity contribution in [3.8, 4) is 17.1 Å². The molecule has 0 bridgehead atoms. The molecule has 3 heterocycles. The third kappa shape index (κ3) is 4.73. The minimum absolute atomic E-state index is 0.688. The van der Waals surface area contributed by atoms with Gasteiger partial charge in [0.15, 0.2) is 5.65 Å². The van der Waals surface area contributed by atoms with E-state index >= 15 is 0 Å². The topological polar surface area (TPSA) is 57.3 Å². The van der Waals surface area contributed by atoms with E-state index in [1.807, 2.05) is 30.3 Å². The first kappa shape index (κ1) is 20.0. The van der Waals surface area contributed by atoms with Crippen LogP contribution in [0.5, 0.6) is 5.75 Å². The average molecular weight is 478 g/mol. The molecule has 2 aromatic carbocycles. The van der Waals surface area contributed by atoms with E-state index in [9.17, 15) is 0 Å². The van der Waals surface area contributed by atoms with E-state index in [2.05, 4.69) is 71.0 Å². The maximum absolute atomic E-state index is 5.98. The second-order valence-corrected chi connectivity index (χ2v) is 8.56. The summed E-state index contributed by atoms with van der Waals surface area (Å²) in [7, 11) is 0. The first-order valence-electron chi connectivity index (χ1n) is 10.5. The number of ether oxygens (including phenoxy) is 1. The number of para-hydroxylation sites is 1. The molecule has 0 radical (unpaired) electrons. The largest absolute Gasteiger partial charge is 0.492 e. The van der Waals surface area contributed by atoms with Gasteiger partial charge in [-0.05, 0) is 58.4 Å². The number of anilines is 1. The molecule has 0 aliphatic carbocycles. The van der Waals surface area contributed by atoms with Gasteiger partial charge in [-0.1, -0.05) is 18.2 Å². The maximum atomic E-state index is 5.98. The molecule has 4 aromatic rings. The second-order valence-electron chi connectivity index (χ2n) is 7.65. The summed E-state index contributed by atoms with van der Waals surface area (Å²) in [5.74, 6) is 1.69. The van der Waals surface area contributed by atoms with Crippen LogP contribution in [-0.2, 0) is 0 Å². The highest BCUT2D eigenvalue weighted by atomic mass is 79.9. The summed E-state index contributed by atoms with van der Waals surface area (Å²) in [6.07, 6.45) is 1.76. The smallest absolute Gasteiger partial charge is 0.178 e. The van der Waals surface area contributed by atoms with Crippen LogP contribution in [0, 0.1) is 0 Å². The third-order valence-corrected chi connectivity index (χ3v) is 6.04. The zero-order valence-corrected chi connectivity index (χ0v) is 18.8. The average Bonchev–Trinajstić information content (AvgIpc) is 3.24. The molecule has 31 heavy (non-hydrogen) atoms. The standard InChI is InChI=1S/C24H24BrN5O/c25-19-16-22-24(26-17-19)28-23(27-22)18-6-8-21(9-7-18)31-15-14-29-10-12-30(13-11-29)20-4-2-1-3-5-20/h1-9,16-17H,10-15H2,(H,26,27,28). The minimum Gasteiger partial charge on any atom is -0.492 e. The van der Waals surface area contributed by atoms with Crippen LogP contribution < -0.4 is 9.64 Å². The highest BCUT2D eigenvalue weighted by Crippen LogP contribution is 2.23. The van der Waals surface area contributed by atoms with Crippen molar-refractivity contribution in [1.29, 1.82) is 0 Å². The molecule has 1 fully saturated rings. The zero-order valence-electron chi connectivity index (χ0n) is 17.2. The first-order chi connectivity index (χ1) is 15.2. The number of fused-ring (bicyclic) bond motifs is 1. The Morgan fingerprint density at radius 1 is 0.968 bits per heavy atom. The fourth-order valence-electron chi connectivity index (χ4n) is 3.88. The van der Waals surface area contributed by atoms with Crippen molar-refractivity contribution in [2.45, 2.75) is 0 Å². The molecule has 5 rings (SSSR count).